The van der Waals surface area contributed by atoms with Crippen LogP contribution in [0.1, 0.15) is 12.0 Å². The molecule has 2 aromatic rings. The van der Waals surface area contributed by atoms with Crippen LogP contribution < -0.4 is 4.74 Å². The van der Waals surface area contributed by atoms with E-state index in [0.29, 0.717) is 5.17 Å². The summed E-state index contributed by atoms with van der Waals surface area (Å²) < 4.78 is 5.22. The molecule has 0 saturated heterocycles. The summed E-state index contributed by atoms with van der Waals surface area (Å²) in [7, 11) is 1.67. The molecule has 4 rings (SSSR count). The van der Waals surface area contributed by atoms with Crippen LogP contribution in [0.5, 0.6) is 5.75 Å². The van der Waals surface area contributed by atoms with Gasteiger partial charge in [-0.15, -0.1) is 0 Å². The smallest absolute Gasteiger partial charge is 0.166 e. The summed E-state index contributed by atoms with van der Waals surface area (Å²) in [5.74, 6) is 1.81. The minimum absolute atomic E-state index is 0.572. The van der Waals surface area contributed by atoms with Gasteiger partial charge in [0, 0.05) is 23.5 Å². The maximum Gasteiger partial charge on any atom is 0.166 e. The third-order valence-electron chi connectivity index (χ3n) is 4.15. The molecule has 2 heterocycles. The van der Waals surface area contributed by atoms with E-state index < -0.39 is 0 Å². The van der Waals surface area contributed by atoms with Crippen molar-refractivity contribution >= 4 is 22.8 Å². The number of nitrogens with one attached hydrogen (secondary N) is 1. The van der Waals surface area contributed by atoms with Crippen LogP contribution in [0.3, 0.4) is 0 Å². The number of rotatable bonds is 2. The monoisotopic (exact) mass is 323 g/mol. The minimum Gasteiger partial charge on any atom is -0.497 e. The van der Waals surface area contributed by atoms with Crippen molar-refractivity contribution in [1.82, 2.24) is 4.90 Å². The molecule has 0 fully saturated rings. The predicted molar refractivity (Wildman–Crippen MR) is 94.7 cm³/mol. The highest BCUT2D eigenvalue weighted by atomic mass is 32.2. The van der Waals surface area contributed by atoms with Crippen molar-refractivity contribution in [3.8, 4) is 16.9 Å². The number of ether oxygens (including phenoxy) is 1. The normalized spacial score (nSPS) is 16.5. The zero-order valence-electron chi connectivity index (χ0n) is 12.9. The third-order valence-corrected chi connectivity index (χ3v) is 5.13. The standard InChI is InChI=1S/C18H17N3OS/c1-22-14-6-3-12(4-7-14)13-5-8-15-16(11-13)23-18(19)21-10-2-9-20-17(15)21/h3-8,11,19H,2,9-10H2,1H3. The highest BCUT2D eigenvalue weighted by Gasteiger charge is 2.29. The van der Waals surface area contributed by atoms with Gasteiger partial charge in [-0.1, -0.05) is 30.0 Å². The molecule has 0 saturated carbocycles. The second-order valence-corrected chi connectivity index (χ2v) is 6.59. The van der Waals surface area contributed by atoms with Gasteiger partial charge in [0.15, 0.2) is 5.17 Å². The summed E-state index contributed by atoms with van der Waals surface area (Å²) in [5, 5.41) is 8.84. The Hall–Kier alpha value is -2.27. The van der Waals surface area contributed by atoms with Crippen LogP contribution in [0.25, 0.3) is 11.1 Å². The number of aliphatic imine (C=N–C) groups is 1. The van der Waals surface area contributed by atoms with E-state index in [2.05, 4.69) is 35.3 Å². The lowest BCUT2D eigenvalue weighted by molar-refractivity contribution is 0.415. The van der Waals surface area contributed by atoms with E-state index in [1.165, 1.54) is 11.8 Å². The SMILES string of the molecule is COc1ccc(-c2ccc3c(c2)SC(=N)N2CCCN=C32)cc1. The van der Waals surface area contributed by atoms with Gasteiger partial charge >= 0.3 is 0 Å². The first-order valence-electron chi connectivity index (χ1n) is 7.63. The van der Waals surface area contributed by atoms with Crippen LogP contribution in [0, 0.1) is 5.41 Å². The number of thioether (sulfide) groups is 1. The number of hydrogen-bond donors (Lipinski definition) is 1. The van der Waals surface area contributed by atoms with E-state index in [1.807, 2.05) is 17.0 Å². The van der Waals surface area contributed by atoms with Crippen molar-refractivity contribution in [3.63, 3.8) is 0 Å². The Morgan fingerprint density at radius 3 is 2.70 bits per heavy atom. The number of amidine groups is 2. The van der Waals surface area contributed by atoms with Crippen molar-refractivity contribution < 1.29 is 4.74 Å². The van der Waals surface area contributed by atoms with E-state index in [9.17, 15) is 0 Å². The Balaban J connectivity index is 1.75. The first-order valence-corrected chi connectivity index (χ1v) is 8.45. The largest absolute Gasteiger partial charge is 0.497 e. The fourth-order valence-corrected chi connectivity index (χ4v) is 3.90. The first kappa shape index (κ1) is 14.3. The number of nitrogens with zero attached hydrogens (tertiary/aromatic N) is 2. The second-order valence-electron chi connectivity index (χ2n) is 5.56. The summed E-state index contributed by atoms with van der Waals surface area (Å²) in [6.07, 6.45) is 1.02. The van der Waals surface area contributed by atoms with Crippen molar-refractivity contribution in [2.75, 3.05) is 20.2 Å². The number of benzene rings is 2. The van der Waals surface area contributed by atoms with Crippen molar-refractivity contribution in [2.45, 2.75) is 11.3 Å². The van der Waals surface area contributed by atoms with Crippen LogP contribution in [-0.4, -0.2) is 36.1 Å². The molecule has 4 nitrogen and oxygen atoms in total. The summed E-state index contributed by atoms with van der Waals surface area (Å²) in [4.78, 5) is 7.77. The van der Waals surface area contributed by atoms with Gasteiger partial charge in [-0.05, 0) is 41.8 Å². The molecule has 0 amide bonds. The van der Waals surface area contributed by atoms with Crippen LogP contribution in [0.15, 0.2) is 52.4 Å². The van der Waals surface area contributed by atoms with E-state index in [0.717, 1.165) is 52.7 Å². The summed E-state index contributed by atoms with van der Waals surface area (Å²) in [5.41, 5.74) is 3.44. The third kappa shape index (κ3) is 2.51. The molecule has 0 aromatic heterocycles. The van der Waals surface area contributed by atoms with Gasteiger partial charge in [-0.2, -0.15) is 0 Å². The predicted octanol–water partition coefficient (Wildman–Crippen LogP) is 3.85. The van der Waals surface area contributed by atoms with Crippen molar-refractivity contribution in [3.05, 3.63) is 48.0 Å². The zero-order valence-corrected chi connectivity index (χ0v) is 13.7. The summed E-state index contributed by atoms with van der Waals surface area (Å²) >= 11 is 1.52. The molecule has 0 radical (unpaired) electrons. The number of fused-ring (bicyclic) bond motifs is 3. The fraction of sp³-hybridized carbons (Fsp3) is 0.222. The van der Waals surface area contributed by atoms with E-state index in [4.69, 9.17) is 10.1 Å². The molecule has 0 aliphatic carbocycles. The number of hydrogen-bond acceptors (Lipinski definition) is 4. The Morgan fingerprint density at radius 1 is 1.13 bits per heavy atom. The van der Waals surface area contributed by atoms with Gasteiger partial charge in [0.05, 0.1) is 7.11 Å². The molecule has 23 heavy (non-hydrogen) atoms. The maximum absolute atomic E-state index is 8.26. The molecule has 2 aliphatic heterocycles. The van der Waals surface area contributed by atoms with Gasteiger partial charge in [-0.3, -0.25) is 10.4 Å². The Labute approximate surface area is 139 Å². The first-order chi connectivity index (χ1) is 11.3. The fourth-order valence-electron chi connectivity index (χ4n) is 2.95. The van der Waals surface area contributed by atoms with Gasteiger partial charge < -0.3 is 9.64 Å². The lowest BCUT2D eigenvalue weighted by Gasteiger charge is -2.34. The molecular weight excluding hydrogens is 306 g/mol. The van der Waals surface area contributed by atoms with Crippen molar-refractivity contribution in [1.29, 1.82) is 5.41 Å². The average molecular weight is 323 g/mol. The van der Waals surface area contributed by atoms with Gasteiger partial charge in [-0.25, -0.2) is 0 Å². The Kier molecular flexibility index (Phi) is 3.58. The molecule has 116 valence electrons. The average Bonchev–Trinajstić information content (AvgIpc) is 2.61. The lowest BCUT2D eigenvalue weighted by atomic mass is 10.0. The van der Waals surface area contributed by atoms with Crippen LogP contribution in [0.2, 0.25) is 0 Å². The molecule has 2 aliphatic rings. The summed E-state index contributed by atoms with van der Waals surface area (Å²) in [6.45, 7) is 1.74. The highest BCUT2D eigenvalue weighted by Crippen LogP contribution is 2.36. The van der Waals surface area contributed by atoms with Gasteiger partial charge in [0.2, 0.25) is 0 Å². The molecule has 0 unspecified atom stereocenters. The van der Waals surface area contributed by atoms with Crippen LogP contribution in [-0.2, 0) is 0 Å². The highest BCUT2D eigenvalue weighted by molar-refractivity contribution is 8.14. The van der Waals surface area contributed by atoms with E-state index in [-0.39, 0.29) is 0 Å². The molecule has 0 atom stereocenters. The lowest BCUT2D eigenvalue weighted by Crippen LogP contribution is -2.42. The quantitative estimate of drug-likeness (QED) is 0.913. The van der Waals surface area contributed by atoms with Crippen LogP contribution >= 0.6 is 11.8 Å². The molecule has 2 aromatic carbocycles. The van der Waals surface area contributed by atoms with Crippen molar-refractivity contribution in [2.24, 2.45) is 4.99 Å². The van der Waals surface area contributed by atoms with Gasteiger partial charge in [0.25, 0.3) is 0 Å². The maximum atomic E-state index is 8.26. The Bertz CT molecular complexity index is 798. The molecule has 1 N–H and O–H groups in total. The van der Waals surface area contributed by atoms with E-state index in [1.54, 1.807) is 7.11 Å². The molecule has 5 heteroatoms. The minimum atomic E-state index is 0.572. The van der Waals surface area contributed by atoms with E-state index >= 15 is 0 Å². The van der Waals surface area contributed by atoms with Crippen LogP contribution in [0.4, 0.5) is 0 Å². The van der Waals surface area contributed by atoms with Gasteiger partial charge in [0.1, 0.15) is 11.6 Å². The number of methoxy groups -OCH3 is 1. The second kappa shape index (κ2) is 5.74. The molecular formula is C18H17N3OS. The Morgan fingerprint density at radius 2 is 1.91 bits per heavy atom. The molecule has 0 bridgehead atoms. The molecule has 0 spiro atoms. The zero-order chi connectivity index (χ0) is 15.8. The summed E-state index contributed by atoms with van der Waals surface area (Å²) in [6, 6.07) is 14.5. The topological polar surface area (TPSA) is 48.7 Å².